The van der Waals surface area contributed by atoms with E-state index in [1.807, 2.05) is 107 Å². The first-order valence-corrected chi connectivity index (χ1v) is 25.0. The van der Waals surface area contributed by atoms with E-state index in [1.54, 1.807) is 57.1 Å². The van der Waals surface area contributed by atoms with E-state index >= 15 is 0 Å². The minimum absolute atomic E-state index is 0.0460. The number of hydrogen-bond donors (Lipinski definition) is 8. The van der Waals surface area contributed by atoms with Crippen molar-refractivity contribution in [1.29, 1.82) is 0 Å². The average molecular weight is 979 g/mol. The lowest BCUT2D eigenvalue weighted by atomic mass is 9.85. The zero-order chi connectivity index (χ0) is 52.0. The Labute approximate surface area is 420 Å². The van der Waals surface area contributed by atoms with Gasteiger partial charge in [-0.3, -0.25) is 33.6 Å². The van der Waals surface area contributed by atoms with Gasteiger partial charge in [0.25, 0.3) is 11.8 Å². The molecule has 3 aromatic carbocycles. The molecule has 2 unspecified atom stereocenters. The van der Waals surface area contributed by atoms with Crippen LogP contribution in [0.3, 0.4) is 0 Å². The molecule has 2 heterocycles. The summed E-state index contributed by atoms with van der Waals surface area (Å²) in [5.41, 5.74) is 1.26. The van der Waals surface area contributed by atoms with Crippen molar-refractivity contribution < 1.29 is 33.6 Å². The Morgan fingerprint density at radius 3 is 1.45 bits per heavy atom. The lowest BCUT2D eigenvalue weighted by Crippen LogP contribution is -2.59. The molecule has 0 saturated carbocycles. The fraction of sp³-hybridized carbons (Fsp3) is 0.537. The molecule has 0 spiro atoms. The van der Waals surface area contributed by atoms with Gasteiger partial charge in [0.15, 0.2) is 0 Å². The van der Waals surface area contributed by atoms with Gasteiger partial charge >= 0.3 is 0 Å². The number of likely N-dealkylation sites (N-methyl/N-ethyl adjacent to an activating group) is 2. The van der Waals surface area contributed by atoms with Gasteiger partial charge in [0, 0.05) is 55.9 Å². The number of benzene rings is 3. The largest absolute Gasteiger partial charge is 0.350 e. The first kappa shape index (κ1) is 55.8. The molecular weight excluding hydrogens is 901 g/mol. The Morgan fingerprint density at radius 2 is 0.986 bits per heavy atom. The number of amides is 7. The predicted molar refractivity (Wildman–Crippen MR) is 275 cm³/mol. The third-order valence-corrected chi connectivity index (χ3v) is 13.6. The van der Waals surface area contributed by atoms with E-state index in [0.717, 1.165) is 24.0 Å². The smallest absolute Gasteiger partial charge is 0.251 e. The molecule has 0 aromatic heterocycles. The Kier molecular flexibility index (Phi) is 19.9. The third kappa shape index (κ3) is 15.2. The third-order valence-electron chi connectivity index (χ3n) is 13.6. The molecule has 17 heteroatoms. The predicted octanol–water partition coefficient (Wildman–Crippen LogP) is 3.59. The van der Waals surface area contributed by atoms with Crippen molar-refractivity contribution in [3.05, 3.63) is 107 Å². The molecule has 17 nitrogen and oxygen atoms in total. The van der Waals surface area contributed by atoms with Gasteiger partial charge in [-0.15, -0.1) is 0 Å². The number of rotatable bonds is 21. The Morgan fingerprint density at radius 1 is 0.563 bits per heavy atom. The summed E-state index contributed by atoms with van der Waals surface area (Å²) in [7, 11) is 3.38. The van der Waals surface area contributed by atoms with Gasteiger partial charge in [0.05, 0.1) is 18.1 Å². The highest BCUT2D eigenvalue weighted by Gasteiger charge is 2.43. The highest BCUT2D eigenvalue weighted by molar-refractivity contribution is 5.98. The average Bonchev–Trinajstić information content (AvgIpc) is 4.06. The maximum absolute atomic E-state index is 14.1. The Hall–Kier alpha value is -6.17. The summed E-state index contributed by atoms with van der Waals surface area (Å²) in [6.45, 7) is 16.7. The number of carbonyl (C=O) groups excluding carboxylic acids is 7. The minimum Gasteiger partial charge on any atom is -0.350 e. The van der Waals surface area contributed by atoms with Crippen molar-refractivity contribution in [2.75, 3.05) is 46.8 Å². The van der Waals surface area contributed by atoms with Gasteiger partial charge in [-0.1, -0.05) is 102 Å². The second-order valence-electron chi connectivity index (χ2n) is 21.0. The van der Waals surface area contributed by atoms with Crippen LogP contribution in [0.25, 0.3) is 0 Å². The summed E-state index contributed by atoms with van der Waals surface area (Å²) in [6, 6.07) is 21.1. The summed E-state index contributed by atoms with van der Waals surface area (Å²) in [5, 5.41) is 24.4. The first-order chi connectivity index (χ1) is 33.6. The SMILES string of the molecule is CN[C@@H](C)C(=O)N[C@H](C(=O)N1CCCC1CN[C@H](CNC(=O)c1ccc(C(=O)NC[C@@H](NC(=O)C2CCCN2C(=O)[C@@H](NC(=O)[C@H](C)NC)C(C)(C)C)c2ccccc2)cc1)c1ccccc1)C(C)(C)C. The molecule has 2 aliphatic rings. The molecule has 8 atom stereocenters. The standard InChI is InChI=1S/C54H78N10O7/c1-34(55-9)46(65)61-44(53(3,4)5)51(70)63-29-17-23-40(63)31-57-41(36-19-13-11-14-20-36)32-58-48(67)38-25-27-39(28-26-38)49(68)59-33-42(37-21-15-12-16-22-37)60-50(69)43-24-18-30-64(43)52(71)45(54(6,7)8)62-47(66)35(2)56-10/h11-16,19-22,25-28,34-35,40-45,55-57H,17-18,23-24,29-33H2,1-10H3,(H,58,67)(H,59,68)(H,60,69)(H,61,65)(H,62,66)/t34-,35-,40?,41+,42+,43?,44+,45+/m0/s1. The van der Waals surface area contributed by atoms with Crippen LogP contribution in [0, 0.1) is 10.8 Å². The highest BCUT2D eigenvalue weighted by atomic mass is 16.2. The van der Waals surface area contributed by atoms with E-state index in [4.69, 9.17) is 0 Å². The van der Waals surface area contributed by atoms with Crippen molar-refractivity contribution in [2.24, 2.45) is 10.8 Å². The first-order valence-electron chi connectivity index (χ1n) is 25.0. The van der Waals surface area contributed by atoms with Crippen molar-refractivity contribution in [1.82, 2.24) is 52.3 Å². The summed E-state index contributed by atoms with van der Waals surface area (Å²) < 4.78 is 0. The van der Waals surface area contributed by atoms with Gasteiger partial charge in [-0.05, 0) is 99.8 Å². The van der Waals surface area contributed by atoms with Crippen LogP contribution in [0.4, 0.5) is 0 Å². The summed E-state index contributed by atoms with van der Waals surface area (Å²) in [6.07, 6.45) is 2.70. The maximum Gasteiger partial charge on any atom is 0.251 e. The van der Waals surface area contributed by atoms with Crippen LogP contribution in [0.1, 0.15) is 125 Å². The monoisotopic (exact) mass is 979 g/mol. The quantitative estimate of drug-likeness (QED) is 0.0776. The van der Waals surface area contributed by atoms with Gasteiger partial charge in [0.1, 0.15) is 18.1 Å². The lowest BCUT2D eigenvalue weighted by Gasteiger charge is -2.36. The number of nitrogens with one attached hydrogen (secondary N) is 8. The molecule has 0 radical (unpaired) electrons. The van der Waals surface area contributed by atoms with Crippen LogP contribution < -0.4 is 42.5 Å². The van der Waals surface area contributed by atoms with E-state index in [0.29, 0.717) is 43.6 Å². The van der Waals surface area contributed by atoms with E-state index in [2.05, 4.69) is 42.5 Å². The maximum atomic E-state index is 14.1. The van der Waals surface area contributed by atoms with Gasteiger partial charge in [0.2, 0.25) is 29.5 Å². The Balaban J connectivity index is 1.20. The fourth-order valence-corrected chi connectivity index (χ4v) is 8.91. The summed E-state index contributed by atoms with van der Waals surface area (Å²) in [4.78, 5) is 98.6. The molecule has 7 amide bonds. The van der Waals surface area contributed by atoms with Crippen LogP contribution >= 0.6 is 0 Å². The van der Waals surface area contributed by atoms with Crippen LogP contribution in [0.5, 0.6) is 0 Å². The number of hydrogen-bond acceptors (Lipinski definition) is 10. The number of likely N-dealkylation sites (tertiary alicyclic amines) is 2. The van der Waals surface area contributed by atoms with Crippen molar-refractivity contribution in [2.45, 2.75) is 129 Å². The zero-order valence-corrected chi connectivity index (χ0v) is 43.3. The molecule has 5 rings (SSSR count). The molecule has 8 N–H and O–H groups in total. The Bertz CT molecular complexity index is 2280. The van der Waals surface area contributed by atoms with Crippen molar-refractivity contribution >= 4 is 41.4 Å². The van der Waals surface area contributed by atoms with Gasteiger partial charge < -0.3 is 52.3 Å². The van der Waals surface area contributed by atoms with Crippen LogP contribution in [0.2, 0.25) is 0 Å². The topological polar surface area (TPSA) is 222 Å². The van der Waals surface area contributed by atoms with Crippen molar-refractivity contribution in [3.8, 4) is 0 Å². The van der Waals surface area contributed by atoms with E-state index in [-0.39, 0.29) is 60.6 Å². The second kappa shape index (κ2) is 25.3. The highest BCUT2D eigenvalue weighted by Crippen LogP contribution is 2.28. The van der Waals surface area contributed by atoms with E-state index in [9.17, 15) is 33.6 Å². The van der Waals surface area contributed by atoms with Gasteiger partial charge in [-0.25, -0.2) is 0 Å². The van der Waals surface area contributed by atoms with Crippen molar-refractivity contribution in [3.63, 3.8) is 0 Å². The number of carbonyl (C=O) groups is 7. The lowest BCUT2D eigenvalue weighted by molar-refractivity contribution is -0.144. The fourth-order valence-electron chi connectivity index (χ4n) is 8.91. The minimum atomic E-state index is -0.856. The van der Waals surface area contributed by atoms with E-state index in [1.165, 1.54) is 0 Å². The van der Waals surface area contributed by atoms with Crippen LogP contribution in [-0.4, -0.2) is 134 Å². The number of nitrogens with zero attached hydrogens (tertiary/aromatic N) is 2. The molecule has 2 fully saturated rings. The van der Waals surface area contributed by atoms with Gasteiger partial charge in [-0.2, -0.15) is 0 Å². The molecular formula is C54H78N10O7. The normalized spacial score (nSPS) is 18.6. The van der Waals surface area contributed by atoms with Crippen LogP contribution in [-0.2, 0) is 24.0 Å². The molecule has 0 bridgehead atoms. The summed E-state index contributed by atoms with van der Waals surface area (Å²) >= 11 is 0. The zero-order valence-electron chi connectivity index (χ0n) is 43.3. The second-order valence-corrected chi connectivity index (χ2v) is 21.0. The van der Waals surface area contributed by atoms with Crippen LogP contribution in [0.15, 0.2) is 84.9 Å². The molecule has 3 aromatic rings. The van der Waals surface area contributed by atoms with E-state index < -0.39 is 53.0 Å². The summed E-state index contributed by atoms with van der Waals surface area (Å²) in [5.74, 6) is -2.07. The molecule has 0 aliphatic carbocycles. The molecule has 2 aliphatic heterocycles. The molecule has 71 heavy (non-hydrogen) atoms. The molecule has 2 saturated heterocycles. The molecule has 386 valence electrons.